The molecule has 1 amide bonds. The maximum Gasteiger partial charge on any atom is 0.219 e. The molecule has 0 bridgehead atoms. The first-order valence-corrected chi connectivity index (χ1v) is 13.7. The number of benzene rings is 2. The van der Waals surface area contributed by atoms with Crippen LogP contribution in [0.3, 0.4) is 0 Å². The monoisotopic (exact) mass is 567 g/mol. The van der Waals surface area contributed by atoms with Gasteiger partial charge in [-0.05, 0) is 37.5 Å². The number of piperidine rings is 1. The Morgan fingerprint density at radius 3 is 2.57 bits per heavy atom. The van der Waals surface area contributed by atoms with E-state index >= 15 is 0 Å². The molecule has 11 heteroatoms. The lowest BCUT2D eigenvalue weighted by Crippen LogP contribution is -2.39. The standard InChI is InChI=1S/C31H30FN7O3/c1-19-34-13-21(14-35-19)17-41-26-10-23(32)11-27(12-26)42-25-7-5-22(6-8-25)28-16-39(31-29(28)30(33)36-18-37-31)24-4-3-9-38(15-24)20(2)40/h5-8,10-14,16,18,24H,3-4,9,15,17H2,1-2H3,(H2,33,36,37)/t24-/m1/s1. The number of nitrogens with two attached hydrogens (primary N) is 1. The molecule has 2 N–H and O–H groups in total. The summed E-state index contributed by atoms with van der Waals surface area (Å²) >= 11 is 0. The van der Waals surface area contributed by atoms with Crippen LogP contribution in [0.2, 0.25) is 0 Å². The zero-order chi connectivity index (χ0) is 29.2. The number of hydrogen-bond acceptors (Lipinski definition) is 8. The van der Waals surface area contributed by atoms with Gasteiger partial charge in [-0.3, -0.25) is 4.79 Å². The minimum Gasteiger partial charge on any atom is -0.489 e. The summed E-state index contributed by atoms with van der Waals surface area (Å²) in [5.41, 5.74) is 9.62. The zero-order valence-electron chi connectivity index (χ0n) is 23.3. The molecule has 214 valence electrons. The van der Waals surface area contributed by atoms with Crippen LogP contribution in [0, 0.1) is 12.7 Å². The van der Waals surface area contributed by atoms with E-state index in [4.69, 9.17) is 15.2 Å². The number of likely N-dealkylation sites (tertiary alicyclic amines) is 1. The van der Waals surface area contributed by atoms with Gasteiger partial charge in [-0.1, -0.05) is 12.1 Å². The van der Waals surface area contributed by atoms with Crippen molar-refractivity contribution in [2.24, 2.45) is 0 Å². The summed E-state index contributed by atoms with van der Waals surface area (Å²) in [7, 11) is 0. The van der Waals surface area contributed by atoms with Gasteiger partial charge in [0.15, 0.2) is 0 Å². The number of nitrogens with zero attached hydrogens (tertiary/aromatic N) is 6. The second-order valence-electron chi connectivity index (χ2n) is 10.3. The average Bonchev–Trinajstić information content (AvgIpc) is 3.38. The summed E-state index contributed by atoms with van der Waals surface area (Å²) in [6.45, 7) is 4.98. The van der Waals surface area contributed by atoms with Gasteiger partial charge in [0.2, 0.25) is 5.91 Å². The number of nitrogen functional groups attached to an aromatic ring is 1. The zero-order valence-corrected chi connectivity index (χ0v) is 23.3. The van der Waals surface area contributed by atoms with Gasteiger partial charge in [0.25, 0.3) is 0 Å². The van der Waals surface area contributed by atoms with Gasteiger partial charge in [0.05, 0.1) is 11.4 Å². The smallest absolute Gasteiger partial charge is 0.219 e. The molecular formula is C31H30FN7O3. The molecule has 6 rings (SSSR count). The highest BCUT2D eigenvalue weighted by Gasteiger charge is 2.26. The van der Waals surface area contributed by atoms with Crippen LogP contribution in [0.4, 0.5) is 10.2 Å². The van der Waals surface area contributed by atoms with Crippen LogP contribution in [-0.4, -0.2) is 48.4 Å². The van der Waals surface area contributed by atoms with E-state index in [-0.39, 0.29) is 18.6 Å². The van der Waals surface area contributed by atoms with Gasteiger partial charge in [-0.15, -0.1) is 0 Å². The molecule has 3 aromatic heterocycles. The number of carbonyl (C=O) groups is 1. The van der Waals surface area contributed by atoms with Crippen molar-refractivity contribution in [1.82, 2.24) is 29.4 Å². The van der Waals surface area contributed by atoms with Crippen molar-refractivity contribution in [1.29, 1.82) is 0 Å². The van der Waals surface area contributed by atoms with Crippen molar-refractivity contribution >= 4 is 22.8 Å². The predicted molar refractivity (Wildman–Crippen MR) is 155 cm³/mol. The maximum atomic E-state index is 14.4. The van der Waals surface area contributed by atoms with Crippen LogP contribution in [0.1, 0.15) is 37.2 Å². The minimum atomic E-state index is -0.478. The lowest BCUT2D eigenvalue weighted by atomic mass is 10.1. The third-order valence-corrected chi connectivity index (χ3v) is 7.36. The molecule has 0 radical (unpaired) electrons. The predicted octanol–water partition coefficient (Wildman–Crippen LogP) is 5.47. The third kappa shape index (κ3) is 5.71. The fourth-order valence-electron chi connectivity index (χ4n) is 5.25. The van der Waals surface area contributed by atoms with E-state index in [2.05, 4.69) is 24.5 Å². The molecule has 2 aromatic carbocycles. The van der Waals surface area contributed by atoms with Crippen LogP contribution in [-0.2, 0) is 11.4 Å². The highest BCUT2D eigenvalue weighted by atomic mass is 19.1. The Balaban J connectivity index is 1.23. The molecule has 1 aliphatic rings. The van der Waals surface area contributed by atoms with Crippen molar-refractivity contribution in [2.75, 3.05) is 18.8 Å². The van der Waals surface area contributed by atoms with Crippen molar-refractivity contribution in [3.05, 3.63) is 84.6 Å². The maximum absolute atomic E-state index is 14.4. The van der Waals surface area contributed by atoms with Crippen molar-refractivity contribution in [3.63, 3.8) is 0 Å². The first-order valence-electron chi connectivity index (χ1n) is 13.7. The highest BCUT2D eigenvalue weighted by molar-refractivity contribution is 6.00. The van der Waals surface area contributed by atoms with Crippen molar-refractivity contribution in [2.45, 2.75) is 39.3 Å². The van der Waals surface area contributed by atoms with Gasteiger partial charge in [0, 0.05) is 67.9 Å². The third-order valence-electron chi connectivity index (χ3n) is 7.36. The number of carbonyl (C=O) groups excluding carboxylic acids is 1. The number of amides is 1. The van der Waals surface area contributed by atoms with Gasteiger partial charge in [-0.25, -0.2) is 24.3 Å². The second-order valence-corrected chi connectivity index (χ2v) is 10.3. The number of ether oxygens (including phenoxy) is 2. The number of aromatic nitrogens is 5. The molecule has 10 nitrogen and oxygen atoms in total. The van der Waals surface area contributed by atoms with E-state index in [1.165, 1.54) is 18.5 Å². The van der Waals surface area contributed by atoms with Gasteiger partial charge in [-0.2, -0.15) is 0 Å². The fourth-order valence-corrected chi connectivity index (χ4v) is 5.25. The number of anilines is 1. The van der Waals surface area contributed by atoms with Crippen LogP contribution >= 0.6 is 0 Å². The number of halogens is 1. The summed E-state index contributed by atoms with van der Waals surface area (Å²) < 4.78 is 28.2. The Labute approximate surface area is 242 Å². The number of fused-ring (bicyclic) bond motifs is 1. The molecule has 4 heterocycles. The summed E-state index contributed by atoms with van der Waals surface area (Å²) in [6.07, 6.45) is 8.70. The summed E-state index contributed by atoms with van der Waals surface area (Å²) in [6, 6.07) is 11.8. The summed E-state index contributed by atoms with van der Waals surface area (Å²) in [5, 5.41) is 0.761. The second kappa shape index (κ2) is 11.4. The Bertz CT molecular complexity index is 1740. The molecule has 1 atom stereocenters. The normalized spacial score (nSPS) is 15.1. The first kappa shape index (κ1) is 27.1. The lowest BCUT2D eigenvalue weighted by Gasteiger charge is -2.33. The Morgan fingerprint density at radius 1 is 1.05 bits per heavy atom. The van der Waals surface area contributed by atoms with Gasteiger partial charge < -0.3 is 24.7 Å². The molecule has 0 spiro atoms. The lowest BCUT2D eigenvalue weighted by molar-refractivity contribution is -0.130. The van der Waals surface area contributed by atoms with Gasteiger partial charge in [0.1, 0.15) is 53.3 Å². The van der Waals surface area contributed by atoms with E-state index < -0.39 is 5.82 Å². The Morgan fingerprint density at radius 2 is 1.81 bits per heavy atom. The average molecular weight is 568 g/mol. The van der Waals surface area contributed by atoms with Crippen LogP contribution in [0.5, 0.6) is 17.2 Å². The van der Waals surface area contributed by atoms with Crippen LogP contribution in [0.25, 0.3) is 22.2 Å². The fraction of sp³-hybridized carbons (Fsp3) is 0.258. The minimum absolute atomic E-state index is 0.0685. The largest absolute Gasteiger partial charge is 0.489 e. The van der Waals surface area contributed by atoms with Crippen molar-refractivity contribution in [3.8, 4) is 28.4 Å². The molecule has 1 aliphatic heterocycles. The van der Waals surface area contributed by atoms with E-state index in [9.17, 15) is 9.18 Å². The van der Waals surface area contributed by atoms with Crippen molar-refractivity contribution < 1.29 is 18.7 Å². The Hall–Kier alpha value is -5.06. The number of aryl methyl sites for hydroxylation is 1. The SMILES string of the molecule is CC(=O)N1CCC[C@@H](n2cc(-c3ccc(Oc4cc(F)cc(OCc5cnc(C)nc5)c4)cc3)c3c(N)ncnc32)C1. The number of rotatable bonds is 7. The Kier molecular flexibility index (Phi) is 7.39. The quantitative estimate of drug-likeness (QED) is 0.275. The molecule has 5 aromatic rings. The molecular weight excluding hydrogens is 537 g/mol. The summed E-state index contributed by atoms with van der Waals surface area (Å²) in [5.74, 6) is 1.81. The molecule has 42 heavy (non-hydrogen) atoms. The van der Waals surface area contributed by atoms with E-state index in [1.807, 2.05) is 35.4 Å². The van der Waals surface area contributed by atoms with E-state index in [0.717, 1.165) is 47.1 Å². The van der Waals surface area contributed by atoms with Crippen LogP contribution < -0.4 is 15.2 Å². The van der Waals surface area contributed by atoms with Gasteiger partial charge >= 0.3 is 0 Å². The number of hydrogen-bond donors (Lipinski definition) is 1. The molecule has 1 saturated heterocycles. The molecule has 0 saturated carbocycles. The summed E-state index contributed by atoms with van der Waals surface area (Å²) in [4.78, 5) is 31.0. The first-order chi connectivity index (χ1) is 20.3. The molecule has 1 fully saturated rings. The van der Waals surface area contributed by atoms with E-state index in [1.54, 1.807) is 32.3 Å². The van der Waals surface area contributed by atoms with E-state index in [0.29, 0.717) is 35.4 Å². The molecule has 0 unspecified atom stereocenters. The molecule has 0 aliphatic carbocycles. The highest BCUT2D eigenvalue weighted by Crippen LogP contribution is 2.37. The topological polar surface area (TPSA) is 121 Å². The van der Waals surface area contributed by atoms with Crippen LogP contribution in [0.15, 0.2) is 67.4 Å².